The summed E-state index contributed by atoms with van der Waals surface area (Å²) in [7, 11) is 1.48. The highest BCUT2D eigenvalue weighted by Crippen LogP contribution is 2.31. The molecule has 3 N–H and O–H groups in total. The van der Waals surface area contributed by atoms with Crippen molar-refractivity contribution in [3.05, 3.63) is 59.7 Å². The number of hydrogen-bond acceptors (Lipinski definition) is 6. The Morgan fingerprint density at radius 3 is 2.93 bits per heavy atom. The Labute approximate surface area is 160 Å². The molecule has 0 unspecified atom stereocenters. The number of ether oxygens (including phenoxy) is 1. The first kappa shape index (κ1) is 17.6. The highest BCUT2D eigenvalue weighted by molar-refractivity contribution is 5.97. The van der Waals surface area contributed by atoms with E-state index in [2.05, 4.69) is 20.3 Å². The summed E-state index contributed by atoms with van der Waals surface area (Å²) < 4.78 is 10.7. The molecule has 28 heavy (non-hydrogen) atoms. The van der Waals surface area contributed by atoms with E-state index >= 15 is 0 Å². The molecule has 4 aromatic rings. The number of imidazole rings is 1. The molecule has 2 aromatic carbocycles. The number of phenols is 1. The number of carbonyl (C=O) groups excluding carboxylic acids is 1. The molecule has 8 heteroatoms. The van der Waals surface area contributed by atoms with Gasteiger partial charge in [0.1, 0.15) is 11.5 Å². The minimum absolute atomic E-state index is 0.0000884. The number of nitrogens with zero attached hydrogens (tertiary/aromatic N) is 2. The zero-order chi connectivity index (χ0) is 19.7. The summed E-state index contributed by atoms with van der Waals surface area (Å²) in [5.41, 5.74) is 3.35. The molecule has 142 valence electrons. The summed E-state index contributed by atoms with van der Waals surface area (Å²) in [6.07, 6.45) is 1.59. The van der Waals surface area contributed by atoms with Crippen LogP contribution in [0.4, 0.5) is 0 Å². The molecule has 0 aliphatic carbocycles. The average Bonchev–Trinajstić information content (AvgIpc) is 3.31. The topological polar surface area (TPSA) is 113 Å². The summed E-state index contributed by atoms with van der Waals surface area (Å²) in [4.78, 5) is 24.0. The fourth-order valence-electron chi connectivity index (χ4n) is 2.88. The van der Waals surface area contributed by atoms with Gasteiger partial charge in [0.25, 0.3) is 5.91 Å². The number of hydrogen-bond donors (Lipinski definition) is 3. The Kier molecular flexibility index (Phi) is 4.44. The Bertz CT molecular complexity index is 1160. The van der Waals surface area contributed by atoms with Crippen molar-refractivity contribution in [2.45, 2.75) is 13.5 Å². The van der Waals surface area contributed by atoms with Crippen molar-refractivity contribution in [2.24, 2.45) is 0 Å². The van der Waals surface area contributed by atoms with E-state index in [4.69, 9.17) is 9.15 Å². The van der Waals surface area contributed by atoms with E-state index < -0.39 is 0 Å². The summed E-state index contributed by atoms with van der Waals surface area (Å²) >= 11 is 0. The smallest absolute Gasteiger partial charge is 0.251 e. The lowest BCUT2D eigenvalue weighted by Gasteiger charge is -2.04. The second kappa shape index (κ2) is 7.07. The van der Waals surface area contributed by atoms with Crippen LogP contribution in [0.1, 0.15) is 21.8 Å². The number of aromatic hydroxyl groups is 1. The third-order valence-electron chi connectivity index (χ3n) is 4.42. The lowest BCUT2D eigenvalue weighted by molar-refractivity contribution is 0.0950. The first-order valence-electron chi connectivity index (χ1n) is 8.60. The van der Waals surface area contributed by atoms with Crippen LogP contribution in [-0.4, -0.2) is 33.1 Å². The Hall–Kier alpha value is -3.81. The lowest BCUT2D eigenvalue weighted by atomic mass is 10.2. The van der Waals surface area contributed by atoms with Crippen molar-refractivity contribution < 1.29 is 19.1 Å². The Morgan fingerprint density at radius 2 is 2.14 bits per heavy atom. The number of carbonyl (C=O) groups is 1. The number of oxazole rings is 1. The number of phenolic OH excluding ortho intramolecular Hbond substituents is 1. The molecule has 0 aliphatic heterocycles. The van der Waals surface area contributed by atoms with Gasteiger partial charge >= 0.3 is 0 Å². The van der Waals surface area contributed by atoms with Gasteiger partial charge in [-0.2, -0.15) is 0 Å². The van der Waals surface area contributed by atoms with E-state index in [1.807, 2.05) is 0 Å². The molecule has 0 saturated heterocycles. The number of benzene rings is 2. The van der Waals surface area contributed by atoms with Gasteiger partial charge in [-0.3, -0.25) is 4.79 Å². The minimum Gasteiger partial charge on any atom is -0.504 e. The van der Waals surface area contributed by atoms with Crippen LogP contribution in [0.15, 0.2) is 47.1 Å². The Balaban J connectivity index is 1.49. The van der Waals surface area contributed by atoms with Gasteiger partial charge in [0.15, 0.2) is 11.5 Å². The predicted molar refractivity (Wildman–Crippen MR) is 102 cm³/mol. The third kappa shape index (κ3) is 3.27. The number of rotatable bonds is 5. The van der Waals surface area contributed by atoms with E-state index in [0.29, 0.717) is 34.2 Å². The molecule has 0 bridgehead atoms. The normalized spacial score (nSPS) is 10.9. The number of nitrogens with one attached hydrogen (secondary N) is 2. The van der Waals surface area contributed by atoms with Crippen LogP contribution < -0.4 is 10.1 Å². The molecular formula is C20H18N4O4. The summed E-state index contributed by atoms with van der Waals surface area (Å²) in [5.74, 6) is 1.10. The van der Waals surface area contributed by atoms with Gasteiger partial charge in [0.2, 0.25) is 5.89 Å². The maximum absolute atomic E-state index is 12.4. The molecule has 1 amide bonds. The molecule has 0 spiro atoms. The lowest BCUT2D eigenvalue weighted by Crippen LogP contribution is -2.23. The van der Waals surface area contributed by atoms with Gasteiger partial charge in [0, 0.05) is 11.1 Å². The molecule has 8 nitrogen and oxygen atoms in total. The fraction of sp³-hybridized carbons (Fsp3) is 0.150. The van der Waals surface area contributed by atoms with E-state index in [-0.39, 0.29) is 18.2 Å². The molecule has 0 atom stereocenters. The maximum Gasteiger partial charge on any atom is 0.251 e. The first-order valence-corrected chi connectivity index (χ1v) is 8.60. The summed E-state index contributed by atoms with van der Waals surface area (Å²) in [6.45, 7) is 2.00. The second-order valence-electron chi connectivity index (χ2n) is 6.23. The van der Waals surface area contributed by atoms with Crippen LogP contribution in [0, 0.1) is 6.92 Å². The maximum atomic E-state index is 12.4. The van der Waals surface area contributed by atoms with Gasteiger partial charge in [-0.1, -0.05) is 0 Å². The van der Waals surface area contributed by atoms with Crippen LogP contribution >= 0.6 is 0 Å². The van der Waals surface area contributed by atoms with Gasteiger partial charge in [-0.15, -0.1) is 0 Å². The van der Waals surface area contributed by atoms with Crippen LogP contribution in [0.25, 0.3) is 22.5 Å². The zero-order valence-electron chi connectivity index (χ0n) is 15.3. The Morgan fingerprint density at radius 1 is 1.29 bits per heavy atom. The molecule has 4 rings (SSSR count). The highest BCUT2D eigenvalue weighted by Gasteiger charge is 2.15. The number of aromatic nitrogens is 3. The second-order valence-corrected chi connectivity index (χ2v) is 6.23. The third-order valence-corrected chi connectivity index (χ3v) is 4.42. The number of fused-ring (bicyclic) bond motifs is 1. The number of amides is 1. The monoisotopic (exact) mass is 378 g/mol. The zero-order valence-corrected chi connectivity index (χ0v) is 15.3. The number of methoxy groups -OCH3 is 1. The van der Waals surface area contributed by atoms with E-state index in [1.54, 1.807) is 43.6 Å². The summed E-state index contributed by atoms with van der Waals surface area (Å²) in [6, 6.07) is 10.2. The molecule has 2 heterocycles. The summed E-state index contributed by atoms with van der Waals surface area (Å²) in [5, 5.41) is 12.8. The fourth-order valence-corrected chi connectivity index (χ4v) is 2.88. The van der Waals surface area contributed by atoms with Crippen molar-refractivity contribution in [1.29, 1.82) is 0 Å². The van der Waals surface area contributed by atoms with Crippen molar-refractivity contribution in [3.8, 4) is 23.0 Å². The molecule has 0 saturated carbocycles. The molecule has 0 aliphatic rings. The molecule has 0 radical (unpaired) electrons. The molecule has 0 fully saturated rings. The van der Waals surface area contributed by atoms with Gasteiger partial charge in [-0.05, 0) is 43.3 Å². The van der Waals surface area contributed by atoms with Crippen LogP contribution in [0.3, 0.4) is 0 Å². The van der Waals surface area contributed by atoms with Crippen molar-refractivity contribution in [1.82, 2.24) is 20.3 Å². The SMILES string of the molecule is COc1ccc(-c2nc(CNC(=O)c3ccc4nc[nH]c4c3)c(C)o2)cc1O. The van der Waals surface area contributed by atoms with E-state index in [1.165, 1.54) is 13.2 Å². The number of aromatic amines is 1. The molecule has 2 aromatic heterocycles. The molecular weight excluding hydrogens is 360 g/mol. The van der Waals surface area contributed by atoms with E-state index in [0.717, 1.165) is 11.0 Å². The quantitative estimate of drug-likeness (QED) is 0.492. The first-order chi connectivity index (χ1) is 13.5. The van der Waals surface area contributed by atoms with Crippen LogP contribution in [0.2, 0.25) is 0 Å². The van der Waals surface area contributed by atoms with Gasteiger partial charge < -0.3 is 24.6 Å². The van der Waals surface area contributed by atoms with Crippen molar-refractivity contribution >= 4 is 16.9 Å². The van der Waals surface area contributed by atoms with Crippen molar-refractivity contribution in [2.75, 3.05) is 7.11 Å². The number of H-pyrrole nitrogens is 1. The highest BCUT2D eigenvalue weighted by atomic mass is 16.5. The van der Waals surface area contributed by atoms with E-state index in [9.17, 15) is 9.90 Å². The van der Waals surface area contributed by atoms with Crippen molar-refractivity contribution in [3.63, 3.8) is 0 Å². The predicted octanol–water partition coefficient (Wildman–Crippen LogP) is 3.17. The standard InChI is InChI=1S/C20H18N4O4/c1-11-16(24-20(28-11)13-4-6-18(27-2)17(25)8-13)9-21-19(26)12-3-5-14-15(7-12)23-10-22-14/h3-8,10,25H,9H2,1-2H3,(H,21,26)(H,22,23). The van der Waals surface area contributed by atoms with Gasteiger partial charge in [-0.25, -0.2) is 9.97 Å². The van der Waals surface area contributed by atoms with Gasteiger partial charge in [0.05, 0.1) is 31.0 Å². The average molecular weight is 378 g/mol. The minimum atomic E-state index is -0.220. The number of aryl methyl sites for hydroxylation is 1. The largest absolute Gasteiger partial charge is 0.504 e. The van der Waals surface area contributed by atoms with Crippen LogP contribution in [0.5, 0.6) is 11.5 Å². The van der Waals surface area contributed by atoms with Crippen LogP contribution in [-0.2, 0) is 6.54 Å².